The van der Waals surface area contributed by atoms with Gasteiger partial charge in [0.25, 0.3) is 0 Å². The van der Waals surface area contributed by atoms with Crippen LogP contribution >= 0.6 is 0 Å². The molecule has 0 saturated heterocycles. The van der Waals surface area contributed by atoms with Gasteiger partial charge in [-0.3, -0.25) is 0 Å². The van der Waals surface area contributed by atoms with Gasteiger partial charge in [0.1, 0.15) is 0 Å². The Morgan fingerprint density at radius 3 is 1.80 bits per heavy atom. The van der Waals surface area contributed by atoms with Gasteiger partial charge < -0.3 is 10.1 Å². The Morgan fingerprint density at radius 1 is 0.933 bits per heavy atom. The molecule has 2 unspecified atom stereocenters. The molecule has 2 atom stereocenters. The normalized spacial score (nSPS) is 16.0. The summed E-state index contributed by atoms with van der Waals surface area (Å²) in [7, 11) is 0. The SMILES string of the molecule is CCOCC(NC(CC)C(C)C)C(C)C. The molecule has 0 amide bonds. The fourth-order valence-electron chi connectivity index (χ4n) is 1.73. The van der Waals surface area contributed by atoms with E-state index in [1.165, 1.54) is 6.42 Å². The van der Waals surface area contributed by atoms with Gasteiger partial charge in [0.05, 0.1) is 6.61 Å². The van der Waals surface area contributed by atoms with Crippen molar-refractivity contribution in [3.8, 4) is 0 Å². The molecule has 0 saturated carbocycles. The minimum Gasteiger partial charge on any atom is -0.380 e. The topological polar surface area (TPSA) is 21.3 Å². The van der Waals surface area contributed by atoms with Gasteiger partial charge in [-0.1, -0.05) is 34.6 Å². The molecular weight excluding hydrogens is 186 g/mol. The summed E-state index contributed by atoms with van der Waals surface area (Å²) in [6.07, 6.45) is 1.19. The van der Waals surface area contributed by atoms with Crippen molar-refractivity contribution in [2.75, 3.05) is 13.2 Å². The maximum atomic E-state index is 5.52. The minimum atomic E-state index is 0.484. The molecule has 2 nitrogen and oxygen atoms in total. The van der Waals surface area contributed by atoms with Gasteiger partial charge in [0.2, 0.25) is 0 Å². The Hall–Kier alpha value is -0.0800. The Labute approximate surface area is 95.8 Å². The third kappa shape index (κ3) is 6.16. The molecule has 0 radical (unpaired) electrons. The third-order valence-corrected chi connectivity index (χ3v) is 2.98. The molecule has 0 aromatic carbocycles. The second-order valence-electron chi connectivity index (χ2n) is 4.94. The second kappa shape index (κ2) is 8.12. The van der Waals surface area contributed by atoms with E-state index in [4.69, 9.17) is 4.74 Å². The van der Waals surface area contributed by atoms with E-state index < -0.39 is 0 Å². The summed E-state index contributed by atoms with van der Waals surface area (Å²) in [6.45, 7) is 15.0. The first-order valence-electron chi connectivity index (χ1n) is 6.36. The van der Waals surface area contributed by atoms with Crippen molar-refractivity contribution in [3.63, 3.8) is 0 Å². The number of ether oxygens (including phenoxy) is 1. The largest absolute Gasteiger partial charge is 0.380 e. The van der Waals surface area contributed by atoms with E-state index in [0.717, 1.165) is 13.2 Å². The lowest BCUT2D eigenvalue weighted by atomic mass is 9.97. The predicted octanol–water partition coefficient (Wildman–Crippen LogP) is 3.07. The molecule has 0 heterocycles. The standard InChI is InChI=1S/C13H29NO/c1-7-12(10(3)4)14-13(11(5)6)9-15-8-2/h10-14H,7-9H2,1-6H3. The molecule has 0 aromatic rings. The Balaban J connectivity index is 4.12. The van der Waals surface area contributed by atoms with Gasteiger partial charge in [-0.15, -0.1) is 0 Å². The zero-order valence-electron chi connectivity index (χ0n) is 11.3. The molecule has 2 heteroatoms. The molecule has 1 N–H and O–H groups in total. The van der Waals surface area contributed by atoms with E-state index in [9.17, 15) is 0 Å². The van der Waals surface area contributed by atoms with E-state index in [1.807, 2.05) is 0 Å². The van der Waals surface area contributed by atoms with Crippen molar-refractivity contribution in [1.82, 2.24) is 5.32 Å². The molecule has 92 valence electrons. The second-order valence-corrected chi connectivity index (χ2v) is 4.94. The van der Waals surface area contributed by atoms with E-state index in [1.54, 1.807) is 0 Å². The summed E-state index contributed by atoms with van der Waals surface area (Å²) in [5.74, 6) is 1.32. The lowest BCUT2D eigenvalue weighted by Crippen LogP contribution is -2.46. The van der Waals surface area contributed by atoms with Gasteiger partial charge in [-0.05, 0) is 25.2 Å². The maximum Gasteiger partial charge on any atom is 0.0622 e. The number of rotatable bonds is 8. The molecule has 0 rings (SSSR count). The highest BCUT2D eigenvalue weighted by molar-refractivity contribution is 4.77. The lowest BCUT2D eigenvalue weighted by molar-refractivity contribution is 0.0995. The van der Waals surface area contributed by atoms with Gasteiger partial charge in [0, 0.05) is 18.7 Å². The first-order valence-corrected chi connectivity index (χ1v) is 6.36. The summed E-state index contributed by atoms with van der Waals surface area (Å²) in [5.41, 5.74) is 0. The molecule has 15 heavy (non-hydrogen) atoms. The van der Waals surface area contributed by atoms with Crippen molar-refractivity contribution in [3.05, 3.63) is 0 Å². The van der Waals surface area contributed by atoms with Crippen molar-refractivity contribution >= 4 is 0 Å². The third-order valence-electron chi connectivity index (χ3n) is 2.98. The fourth-order valence-corrected chi connectivity index (χ4v) is 1.73. The summed E-state index contributed by atoms with van der Waals surface area (Å²) < 4.78 is 5.52. The van der Waals surface area contributed by atoms with Gasteiger partial charge in [0.15, 0.2) is 0 Å². The van der Waals surface area contributed by atoms with E-state index in [0.29, 0.717) is 23.9 Å². The summed E-state index contributed by atoms with van der Waals surface area (Å²) in [4.78, 5) is 0. The zero-order valence-corrected chi connectivity index (χ0v) is 11.3. The van der Waals surface area contributed by atoms with E-state index in [2.05, 4.69) is 46.9 Å². The molecule has 0 bridgehead atoms. The molecule has 0 aliphatic rings. The Bertz CT molecular complexity index is 145. The number of hydrogen-bond acceptors (Lipinski definition) is 2. The highest BCUT2D eigenvalue weighted by atomic mass is 16.5. The van der Waals surface area contributed by atoms with Crippen LogP contribution in [0.4, 0.5) is 0 Å². The highest BCUT2D eigenvalue weighted by Gasteiger charge is 2.19. The minimum absolute atomic E-state index is 0.484. The average molecular weight is 215 g/mol. The van der Waals surface area contributed by atoms with Crippen LogP contribution in [0.5, 0.6) is 0 Å². The fraction of sp³-hybridized carbons (Fsp3) is 1.00. The molecule has 0 aromatic heterocycles. The van der Waals surface area contributed by atoms with Crippen LogP contribution in [0.15, 0.2) is 0 Å². The molecule has 0 aliphatic carbocycles. The Kier molecular flexibility index (Phi) is 8.07. The molecule has 0 spiro atoms. The number of hydrogen-bond donors (Lipinski definition) is 1. The van der Waals surface area contributed by atoms with Crippen LogP contribution in [-0.2, 0) is 4.74 Å². The predicted molar refractivity (Wildman–Crippen MR) is 67.2 cm³/mol. The van der Waals surface area contributed by atoms with Gasteiger partial charge in [-0.25, -0.2) is 0 Å². The first-order chi connectivity index (χ1) is 7.02. The number of nitrogens with one attached hydrogen (secondary N) is 1. The molecule has 0 fully saturated rings. The van der Waals surface area contributed by atoms with Crippen LogP contribution < -0.4 is 5.32 Å². The monoisotopic (exact) mass is 215 g/mol. The summed E-state index contributed by atoms with van der Waals surface area (Å²) >= 11 is 0. The maximum absolute atomic E-state index is 5.52. The molecular formula is C13H29NO. The van der Waals surface area contributed by atoms with Crippen molar-refractivity contribution in [1.29, 1.82) is 0 Å². The lowest BCUT2D eigenvalue weighted by Gasteiger charge is -2.30. The summed E-state index contributed by atoms with van der Waals surface area (Å²) in [5, 5.41) is 3.71. The zero-order chi connectivity index (χ0) is 11.8. The van der Waals surface area contributed by atoms with E-state index in [-0.39, 0.29) is 0 Å². The van der Waals surface area contributed by atoms with Crippen LogP contribution in [0.2, 0.25) is 0 Å². The van der Waals surface area contributed by atoms with Crippen LogP contribution in [-0.4, -0.2) is 25.3 Å². The van der Waals surface area contributed by atoms with Crippen LogP contribution in [0.1, 0.15) is 48.0 Å². The van der Waals surface area contributed by atoms with Crippen LogP contribution in [0.25, 0.3) is 0 Å². The molecule has 0 aliphatic heterocycles. The van der Waals surface area contributed by atoms with Crippen molar-refractivity contribution in [2.45, 2.75) is 60.0 Å². The Morgan fingerprint density at radius 2 is 1.47 bits per heavy atom. The summed E-state index contributed by atoms with van der Waals surface area (Å²) in [6, 6.07) is 1.09. The quantitative estimate of drug-likeness (QED) is 0.672. The van der Waals surface area contributed by atoms with Crippen LogP contribution in [0, 0.1) is 11.8 Å². The average Bonchev–Trinajstić information content (AvgIpc) is 2.17. The van der Waals surface area contributed by atoms with Gasteiger partial charge in [-0.2, -0.15) is 0 Å². The smallest absolute Gasteiger partial charge is 0.0622 e. The van der Waals surface area contributed by atoms with Crippen LogP contribution in [0.3, 0.4) is 0 Å². The van der Waals surface area contributed by atoms with Crippen molar-refractivity contribution < 1.29 is 4.74 Å². The van der Waals surface area contributed by atoms with E-state index >= 15 is 0 Å². The van der Waals surface area contributed by atoms with Gasteiger partial charge >= 0.3 is 0 Å². The highest BCUT2D eigenvalue weighted by Crippen LogP contribution is 2.10. The van der Waals surface area contributed by atoms with Crippen molar-refractivity contribution in [2.24, 2.45) is 11.8 Å². The first kappa shape index (κ1) is 14.9.